The van der Waals surface area contributed by atoms with Gasteiger partial charge in [0.25, 0.3) is 0 Å². The molecule has 0 aliphatic rings. The monoisotopic (exact) mass is 302 g/mol. The Morgan fingerprint density at radius 1 is 0.952 bits per heavy atom. The van der Waals surface area contributed by atoms with Gasteiger partial charge in [-0.1, -0.05) is 6.08 Å². The first kappa shape index (κ1) is 18.7. The van der Waals surface area contributed by atoms with Gasteiger partial charge in [-0.05, 0) is 12.0 Å². The molecule has 0 spiro atoms. The SMILES string of the molecule is NC(CC(=CCC(=O)O)C(=O)[C@H](N)CCC(=O)O)C(=O)O. The fourth-order valence-corrected chi connectivity index (χ4v) is 1.47. The fraction of sp³-hybridized carbons (Fsp3) is 0.500. The lowest BCUT2D eigenvalue weighted by Crippen LogP contribution is -2.36. The van der Waals surface area contributed by atoms with Gasteiger partial charge in [0.05, 0.1) is 12.5 Å². The summed E-state index contributed by atoms with van der Waals surface area (Å²) < 4.78 is 0. The maximum atomic E-state index is 12.0. The minimum Gasteiger partial charge on any atom is -0.481 e. The van der Waals surface area contributed by atoms with E-state index in [0.717, 1.165) is 6.08 Å². The average Bonchev–Trinajstić information content (AvgIpc) is 2.39. The second-order valence-electron chi connectivity index (χ2n) is 4.38. The molecule has 0 aromatic heterocycles. The summed E-state index contributed by atoms with van der Waals surface area (Å²) in [7, 11) is 0. The molecule has 0 fully saturated rings. The molecule has 0 heterocycles. The van der Waals surface area contributed by atoms with Crippen LogP contribution in [-0.4, -0.2) is 51.1 Å². The molecule has 0 bridgehead atoms. The molecule has 0 amide bonds. The number of carbonyl (C=O) groups excluding carboxylic acids is 1. The van der Waals surface area contributed by atoms with Crippen LogP contribution in [-0.2, 0) is 19.2 Å². The van der Waals surface area contributed by atoms with E-state index in [2.05, 4.69) is 0 Å². The van der Waals surface area contributed by atoms with Gasteiger partial charge in [-0.15, -0.1) is 0 Å². The summed E-state index contributed by atoms with van der Waals surface area (Å²) in [6.07, 6.45) is -0.277. The van der Waals surface area contributed by atoms with E-state index >= 15 is 0 Å². The molecule has 9 nitrogen and oxygen atoms in total. The zero-order valence-electron chi connectivity index (χ0n) is 11.2. The van der Waals surface area contributed by atoms with E-state index in [1.807, 2.05) is 0 Å². The first-order valence-electron chi connectivity index (χ1n) is 6.06. The van der Waals surface area contributed by atoms with Gasteiger partial charge in [-0.25, -0.2) is 0 Å². The fourth-order valence-electron chi connectivity index (χ4n) is 1.47. The average molecular weight is 302 g/mol. The van der Waals surface area contributed by atoms with Crippen LogP contribution in [0.1, 0.15) is 25.7 Å². The van der Waals surface area contributed by atoms with Gasteiger partial charge in [-0.3, -0.25) is 19.2 Å². The summed E-state index contributed by atoms with van der Waals surface area (Å²) >= 11 is 0. The first-order chi connectivity index (χ1) is 9.65. The maximum Gasteiger partial charge on any atom is 0.320 e. The van der Waals surface area contributed by atoms with Crippen molar-refractivity contribution >= 4 is 23.7 Å². The molecule has 0 radical (unpaired) electrons. The van der Waals surface area contributed by atoms with E-state index in [9.17, 15) is 19.2 Å². The molecule has 21 heavy (non-hydrogen) atoms. The van der Waals surface area contributed by atoms with Gasteiger partial charge in [0.1, 0.15) is 6.04 Å². The highest BCUT2D eigenvalue weighted by Gasteiger charge is 2.23. The van der Waals surface area contributed by atoms with E-state index in [4.69, 9.17) is 26.8 Å². The van der Waals surface area contributed by atoms with Crippen LogP contribution in [0.5, 0.6) is 0 Å². The summed E-state index contributed by atoms with van der Waals surface area (Å²) in [5.74, 6) is -4.38. The zero-order valence-corrected chi connectivity index (χ0v) is 11.2. The molecule has 0 saturated carbocycles. The molecule has 1 unspecified atom stereocenters. The smallest absolute Gasteiger partial charge is 0.320 e. The molecule has 0 aromatic carbocycles. The van der Waals surface area contributed by atoms with Crippen molar-refractivity contribution in [2.45, 2.75) is 37.8 Å². The highest BCUT2D eigenvalue weighted by Crippen LogP contribution is 2.12. The van der Waals surface area contributed by atoms with Gasteiger partial charge >= 0.3 is 17.9 Å². The second-order valence-corrected chi connectivity index (χ2v) is 4.38. The number of hydrogen-bond acceptors (Lipinski definition) is 6. The van der Waals surface area contributed by atoms with Crippen LogP contribution in [0.15, 0.2) is 11.6 Å². The summed E-state index contributed by atoms with van der Waals surface area (Å²) in [5.41, 5.74) is 10.7. The van der Waals surface area contributed by atoms with Crippen LogP contribution in [0.25, 0.3) is 0 Å². The molecule has 2 atom stereocenters. The summed E-state index contributed by atoms with van der Waals surface area (Å²) in [6, 6.07) is -2.53. The topological polar surface area (TPSA) is 181 Å². The predicted octanol–water partition coefficient (Wildman–Crippen LogP) is -1.05. The molecule has 118 valence electrons. The predicted molar refractivity (Wildman–Crippen MR) is 70.4 cm³/mol. The first-order valence-corrected chi connectivity index (χ1v) is 6.06. The van der Waals surface area contributed by atoms with E-state index in [1.165, 1.54) is 0 Å². The number of carboxylic acids is 3. The molecule has 9 heteroatoms. The van der Waals surface area contributed by atoms with E-state index in [0.29, 0.717) is 0 Å². The van der Waals surface area contributed by atoms with Crippen molar-refractivity contribution in [2.24, 2.45) is 11.5 Å². The third-order valence-corrected chi connectivity index (χ3v) is 2.60. The number of rotatable bonds is 10. The van der Waals surface area contributed by atoms with Gasteiger partial charge in [0.15, 0.2) is 5.78 Å². The van der Waals surface area contributed by atoms with Crippen LogP contribution in [0, 0.1) is 0 Å². The van der Waals surface area contributed by atoms with Gasteiger partial charge < -0.3 is 26.8 Å². The van der Waals surface area contributed by atoms with E-state index in [1.54, 1.807) is 0 Å². The standard InChI is InChI=1S/C12H18N2O7/c13-7(2-4-10(17)18)11(19)6(1-3-9(15)16)5-8(14)12(20)21/h1,7-8H,2-5,13-14H2,(H,15,16)(H,17,18)(H,20,21)/t7-,8?/m1/s1. The lowest BCUT2D eigenvalue weighted by molar-refractivity contribution is -0.139. The highest BCUT2D eigenvalue weighted by molar-refractivity contribution is 6.00. The van der Waals surface area contributed by atoms with Crippen LogP contribution in [0.3, 0.4) is 0 Å². The molecule has 0 rings (SSSR count). The Balaban J connectivity index is 4.97. The van der Waals surface area contributed by atoms with Gasteiger partial charge in [0.2, 0.25) is 0 Å². The van der Waals surface area contributed by atoms with Crippen molar-refractivity contribution in [1.29, 1.82) is 0 Å². The zero-order chi connectivity index (χ0) is 16.6. The van der Waals surface area contributed by atoms with Crippen molar-refractivity contribution in [3.05, 3.63) is 11.6 Å². The van der Waals surface area contributed by atoms with Crippen molar-refractivity contribution < 1.29 is 34.5 Å². The molecule has 7 N–H and O–H groups in total. The Kier molecular flexibility index (Phi) is 7.87. The van der Waals surface area contributed by atoms with Crippen LogP contribution >= 0.6 is 0 Å². The minimum atomic E-state index is -1.37. The normalized spacial score (nSPS) is 14.3. The Morgan fingerprint density at radius 3 is 1.95 bits per heavy atom. The molecule has 0 aliphatic heterocycles. The number of ketones is 1. The van der Waals surface area contributed by atoms with Crippen LogP contribution in [0.4, 0.5) is 0 Å². The largest absolute Gasteiger partial charge is 0.481 e. The molecular formula is C12H18N2O7. The van der Waals surface area contributed by atoms with Crippen molar-refractivity contribution in [3.8, 4) is 0 Å². The lowest BCUT2D eigenvalue weighted by atomic mass is 9.95. The second kappa shape index (κ2) is 8.82. The van der Waals surface area contributed by atoms with Crippen molar-refractivity contribution in [3.63, 3.8) is 0 Å². The Hall–Kier alpha value is -2.26. The highest BCUT2D eigenvalue weighted by atomic mass is 16.4. The number of hydrogen-bond donors (Lipinski definition) is 5. The molecule has 0 aromatic rings. The van der Waals surface area contributed by atoms with Crippen molar-refractivity contribution in [1.82, 2.24) is 0 Å². The van der Waals surface area contributed by atoms with E-state index in [-0.39, 0.29) is 24.8 Å². The Labute approximate surface area is 120 Å². The summed E-state index contributed by atoms with van der Waals surface area (Å²) in [5, 5.41) is 25.8. The van der Waals surface area contributed by atoms with Gasteiger partial charge in [-0.2, -0.15) is 0 Å². The number of carbonyl (C=O) groups is 4. The van der Waals surface area contributed by atoms with Crippen molar-refractivity contribution in [2.75, 3.05) is 0 Å². The minimum absolute atomic E-state index is 0.120. The Bertz CT molecular complexity index is 459. The third kappa shape index (κ3) is 7.80. The number of aliphatic carboxylic acids is 3. The molecular weight excluding hydrogens is 284 g/mol. The number of Topliss-reactive ketones (excluding diaryl/α,β-unsaturated/α-hetero) is 1. The third-order valence-electron chi connectivity index (χ3n) is 2.60. The quantitative estimate of drug-likeness (QED) is 0.314. The maximum absolute atomic E-state index is 12.0. The van der Waals surface area contributed by atoms with Crippen LogP contribution in [0.2, 0.25) is 0 Å². The number of nitrogens with two attached hydrogens (primary N) is 2. The van der Waals surface area contributed by atoms with Gasteiger partial charge in [0, 0.05) is 12.8 Å². The lowest BCUT2D eigenvalue weighted by Gasteiger charge is -2.14. The van der Waals surface area contributed by atoms with E-state index < -0.39 is 42.2 Å². The summed E-state index contributed by atoms with van der Waals surface area (Å²) in [4.78, 5) is 43.6. The molecule has 0 aliphatic carbocycles. The molecule has 0 saturated heterocycles. The Morgan fingerprint density at radius 2 is 1.52 bits per heavy atom. The summed E-state index contributed by atoms with van der Waals surface area (Å²) in [6.45, 7) is 0. The van der Waals surface area contributed by atoms with Crippen LogP contribution < -0.4 is 11.5 Å². The number of carboxylic acid groups (broad SMARTS) is 3.